The number of nitrogen functional groups attached to an aromatic ring is 1. The van der Waals surface area contributed by atoms with E-state index in [1.807, 2.05) is 75.4 Å². The number of piperidine rings is 1. The zero-order valence-electron chi connectivity index (χ0n) is 76.7. The number of methoxy groups -OCH3 is 3. The van der Waals surface area contributed by atoms with Gasteiger partial charge < -0.3 is 118 Å². The highest BCUT2D eigenvalue weighted by atomic mass is 32.2. The molecule has 17 atom stereocenters. The highest BCUT2D eigenvalue weighted by molar-refractivity contribution is 7.85. The van der Waals surface area contributed by atoms with Crippen LogP contribution in [-0.4, -0.2) is 308 Å². The van der Waals surface area contributed by atoms with Gasteiger partial charge in [-0.2, -0.15) is 0 Å². The number of hydrogen-bond donors (Lipinski definition) is 7. The van der Waals surface area contributed by atoms with Crippen molar-refractivity contribution >= 4 is 58.0 Å². The van der Waals surface area contributed by atoms with Crippen molar-refractivity contribution in [1.29, 1.82) is 0 Å². The van der Waals surface area contributed by atoms with Crippen molar-refractivity contribution in [1.82, 2.24) is 25.4 Å². The van der Waals surface area contributed by atoms with Gasteiger partial charge in [0.25, 0.3) is 17.6 Å². The van der Waals surface area contributed by atoms with Gasteiger partial charge in [0.05, 0.1) is 152 Å². The molecule has 1 unspecified atom stereocenters. The third kappa shape index (κ3) is 33.9. The van der Waals surface area contributed by atoms with Crippen LogP contribution in [0.25, 0.3) is 11.1 Å². The number of esters is 1. The Hall–Kier alpha value is -7.92. The van der Waals surface area contributed by atoms with Gasteiger partial charge >= 0.3 is 12.1 Å². The Morgan fingerprint density at radius 3 is 1.96 bits per heavy atom. The molecule has 35 heteroatoms. The van der Waals surface area contributed by atoms with Crippen LogP contribution >= 0.6 is 0 Å². The number of amides is 4. The summed E-state index contributed by atoms with van der Waals surface area (Å²) in [6.07, 6.45) is 9.47. The van der Waals surface area contributed by atoms with Gasteiger partial charge in [0.15, 0.2) is 5.78 Å². The number of nitrogens with two attached hydrogens (primary N) is 2. The third-order valence-electron chi connectivity index (χ3n) is 24.2. The van der Waals surface area contributed by atoms with E-state index in [0.717, 1.165) is 22.3 Å². The molecular formula is C94H140FN7O26S. The van der Waals surface area contributed by atoms with E-state index >= 15 is 4.39 Å². The number of allylic oxidation sites excluding steroid dienone is 5. The summed E-state index contributed by atoms with van der Waals surface area (Å²) < 4.78 is 116. The first kappa shape index (κ1) is 106. The summed E-state index contributed by atoms with van der Waals surface area (Å²) in [5.41, 5.74) is 16.8. The Bertz CT molecular complexity index is 4160. The standard InChI is InChI=1S/C94H140FN7O26S/c1-61-16-12-11-13-17-62(2)78(114-8)57-72-23-19-66(6)94(112,128-72)89(107)91(109)102-32-15-14-18-75(102)92(110)126-80(58-79(115-9)63(3)53-65(5)87(105)88(106)86(104)64(4)52-61)74(96)54-68-20-25-77(81(55-68)116-10)127-93(111)99-30-35-118-38-40-120-42-44-122-46-48-124-50-49-123-47-45-121-43-41-119-39-37-117-34-29-84(103)98-31-51-129(113)82-27-24-73(67(7)85(82)95)90(108)101-33-36-125-76-26-21-69(56-71(76)60-101)70-22-28-83(97)100-59-70/h11-13,16-17,21-22,24,26-28,53,56,59,61,63-64,66,68,72,74-75,77-81,87-88,105-106,112H,14-15,18-20,23,25,29-52,54-55,57-58,60,96H2,1-10H3,(H2,97,100)(H,98,103)(H,99,111)/b13-11?,16-12+,62-17?,65-53+/t61-,63-,64-,66-,68+,72+,74-,75+,77-,78+,79-,80+,81-,87-,88+,94-,129?/m1/s1. The molecule has 1 aromatic heterocycles. The largest absolute Gasteiger partial charge is 0.491 e. The number of nitrogens with zero attached hydrogens (tertiary/aromatic N) is 3. The molecule has 33 nitrogen and oxygen atoms in total. The predicted molar refractivity (Wildman–Crippen MR) is 478 cm³/mol. The molecule has 3 fully saturated rings. The fourth-order valence-electron chi connectivity index (χ4n) is 16.5. The van der Waals surface area contributed by atoms with Gasteiger partial charge in [-0.3, -0.25) is 28.2 Å². The highest BCUT2D eigenvalue weighted by Crippen LogP contribution is 2.39. The highest BCUT2D eigenvalue weighted by Gasteiger charge is 2.53. The van der Waals surface area contributed by atoms with E-state index in [2.05, 4.69) is 15.6 Å². The Kier molecular flexibility index (Phi) is 46.4. The monoisotopic (exact) mass is 1830 g/mol. The van der Waals surface area contributed by atoms with Crippen LogP contribution < -0.4 is 26.8 Å². The number of nitrogens with one attached hydrogen (secondary N) is 2. The van der Waals surface area contributed by atoms with Gasteiger partial charge in [0.1, 0.15) is 54.4 Å². The third-order valence-corrected chi connectivity index (χ3v) is 25.5. The second-order valence-electron chi connectivity index (χ2n) is 33.7. The number of carbonyl (C=O) groups excluding carboxylic acids is 7. The van der Waals surface area contributed by atoms with Gasteiger partial charge in [-0.1, -0.05) is 70.2 Å². The average Bonchev–Trinajstić information content (AvgIpc) is 1.44. The maximum Gasteiger partial charge on any atom is 0.407 e. The van der Waals surface area contributed by atoms with E-state index in [0.29, 0.717) is 154 Å². The lowest BCUT2D eigenvalue weighted by Gasteiger charge is -2.43. The molecule has 2 aromatic carbocycles. The lowest BCUT2D eigenvalue weighted by Crippen LogP contribution is -2.61. The van der Waals surface area contributed by atoms with Crippen LogP contribution in [0, 0.1) is 42.3 Å². The fraction of sp³-hybridized carbons (Fsp3) is 0.660. The number of aliphatic hydroxyl groups excluding tert-OH is 2. The van der Waals surface area contributed by atoms with Gasteiger partial charge in [0, 0.05) is 119 Å². The van der Waals surface area contributed by atoms with Crippen molar-refractivity contribution in [2.45, 2.75) is 210 Å². The quantitative estimate of drug-likeness (QED) is 0.0123. The van der Waals surface area contributed by atoms with Crippen LogP contribution in [0.15, 0.2) is 101 Å². The van der Waals surface area contributed by atoms with Crippen molar-refractivity contribution < 1.29 is 129 Å². The summed E-state index contributed by atoms with van der Waals surface area (Å²) in [6, 6.07) is 10.1. The maximum atomic E-state index is 15.7. The van der Waals surface area contributed by atoms with Gasteiger partial charge in [-0.25, -0.2) is 19.0 Å². The Morgan fingerprint density at radius 2 is 1.33 bits per heavy atom. The number of alkyl carbamates (subject to hydrolysis) is 1. The number of aliphatic hydroxyl groups is 3. The Morgan fingerprint density at radius 1 is 0.682 bits per heavy atom. The van der Waals surface area contributed by atoms with E-state index in [1.54, 1.807) is 51.1 Å². The van der Waals surface area contributed by atoms with Crippen molar-refractivity contribution in [3.63, 3.8) is 0 Å². The lowest BCUT2D eigenvalue weighted by atomic mass is 9.80. The summed E-state index contributed by atoms with van der Waals surface area (Å²) in [7, 11) is 2.79. The van der Waals surface area contributed by atoms with Crippen molar-refractivity contribution in [3.8, 4) is 16.9 Å². The molecular weight excluding hydrogens is 1690 g/mol. The normalized spacial score (nSPS) is 26.8. The number of cyclic esters (lactones) is 1. The number of hydrogen-bond acceptors (Lipinski definition) is 29. The van der Waals surface area contributed by atoms with E-state index in [9.17, 15) is 53.1 Å². The number of pyridine rings is 1. The van der Waals surface area contributed by atoms with Crippen LogP contribution in [0.2, 0.25) is 0 Å². The first-order valence-corrected chi connectivity index (χ1v) is 46.5. The number of Topliss-reactive ketones (excluding diaryl/α,β-unsaturated/α-hetero) is 2. The second-order valence-corrected chi connectivity index (χ2v) is 35.3. The topological polar surface area (TPSA) is 431 Å². The van der Waals surface area contributed by atoms with Gasteiger partial charge in [-0.05, 0) is 155 Å². The van der Waals surface area contributed by atoms with Gasteiger partial charge in [0.2, 0.25) is 11.7 Å². The molecule has 129 heavy (non-hydrogen) atoms. The minimum atomic E-state index is -2.49. The SMILES string of the molecule is CO[C@H]1C[C@@H]2CC[C@@H](C)[C@@](O)(O2)C(=O)C(=O)N2CCCC[C@H]2C(=O)O[C@H]([C@H](N)C[C@@H]2CC[C@@H](OC(=O)NCCOCCOCCOCCOCCOCCOCCOCCOCCC(=O)NCCS(=O)c3ccc(C(=O)N4CCOc5ccc(-c6ccc(N)nc6)cc5C4)c(C)c3F)[C@H](OC)C2)C[C@@H](OC)[C@H](C)/C=C(\C)[C@@H](O)[C@@H](O)C(=O)[C@H](C)C[C@H](C)/C=C/C=CC=C1C. The number of halogens is 1. The number of rotatable bonds is 40. The van der Waals surface area contributed by atoms with Crippen LogP contribution in [0.4, 0.5) is 15.0 Å². The number of ketones is 2. The molecule has 2 saturated heterocycles. The lowest BCUT2D eigenvalue weighted by molar-refractivity contribution is -0.265. The number of carbonyl (C=O) groups is 7. The molecule has 720 valence electrons. The van der Waals surface area contributed by atoms with E-state index in [1.165, 1.54) is 38.2 Å². The molecule has 5 heterocycles. The Balaban J connectivity index is 0.644. The molecule has 3 aromatic rings. The van der Waals surface area contributed by atoms with Crippen molar-refractivity contribution in [2.75, 3.05) is 171 Å². The number of aromatic nitrogens is 1. The van der Waals surface area contributed by atoms with Crippen LogP contribution in [0.3, 0.4) is 0 Å². The van der Waals surface area contributed by atoms with Crippen molar-refractivity contribution in [3.05, 3.63) is 119 Å². The zero-order chi connectivity index (χ0) is 93.4. The Labute approximate surface area is 760 Å². The van der Waals surface area contributed by atoms with E-state index in [-0.39, 0.29) is 137 Å². The molecule has 4 amide bonds. The number of fused-ring (bicyclic) bond motifs is 4. The van der Waals surface area contributed by atoms with Crippen LogP contribution in [0.1, 0.15) is 146 Å². The molecule has 0 radical (unpaired) electrons. The molecule has 9 N–H and O–H groups in total. The minimum absolute atomic E-state index is 0.0301. The summed E-state index contributed by atoms with van der Waals surface area (Å²) >= 11 is 0. The molecule has 1 aliphatic carbocycles. The first-order chi connectivity index (χ1) is 62.0. The summed E-state index contributed by atoms with van der Waals surface area (Å²) in [6.45, 7) is 18.3. The number of anilines is 1. The second kappa shape index (κ2) is 56.2. The van der Waals surface area contributed by atoms with Crippen LogP contribution in [0.5, 0.6) is 5.75 Å². The maximum absolute atomic E-state index is 15.7. The minimum Gasteiger partial charge on any atom is -0.491 e. The smallest absolute Gasteiger partial charge is 0.407 e. The fourth-order valence-corrected chi connectivity index (χ4v) is 17.6. The predicted octanol–water partition coefficient (Wildman–Crippen LogP) is 7.97. The molecule has 2 bridgehead atoms. The molecule has 5 aliphatic rings. The summed E-state index contributed by atoms with van der Waals surface area (Å²) in [5.74, 6) is -8.45. The summed E-state index contributed by atoms with van der Waals surface area (Å²) in [4.78, 5) is 104. The van der Waals surface area contributed by atoms with E-state index < -0.39 is 131 Å². The number of benzene rings is 2. The average molecular weight is 1840 g/mol. The molecule has 8 rings (SSSR count). The zero-order valence-corrected chi connectivity index (χ0v) is 77.5. The molecule has 4 aliphatic heterocycles. The molecule has 1 saturated carbocycles. The van der Waals surface area contributed by atoms with Crippen molar-refractivity contribution in [2.24, 2.45) is 35.3 Å². The van der Waals surface area contributed by atoms with Crippen LogP contribution in [-0.2, 0) is 108 Å². The molecule has 0 spiro atoms. The van der Waals surface area contributed by atoms with Gasteiger partial charge in [-0.15, -0.1) is 0 Å². The first-order valence-electron chi connectivity index (χ1n) is 45.2. The number of ether oxygens (including phenoxy) is 15. The summed E-state index contributed by atoms with van der Waals surface area (Å²) in [5, 5.41) is 40.3. The van der Waals surface area contributed by atoms with E-state index in [4.69, 9.17) is 82.5 Å².